The van der Waals surface area contributed by atoms with E-state index in [1.165, 1.54) is 11.1 Å². The van der Waals surface area contributed by atoms with Crippen molar-refractivity contribution in [1.29, 1.82) is 0 Å². The fourth-order valence-electron chi connectivity index (χ4n) is 2.47. The lowest BCUT2D eigenvalue weighted by Gasteiger charge is -2.30. The van der Waals surface area contributed by atoms with Crippen LogP contribution in [0.25, 0.3) is 0 Å². The van der Waals surface area contributed by atoms with Crippen molar-refractivity contribution < 1.29 is 0 Å². The molecule has 0 saturated heterocycles. The zero-order valence-electron chi connectivity index (χ0n) is 11.8. The van der Waals surface area contributed by atoms with Crippen LogP contribution in [0.3, 0.4) is 0 Å². The number of likely N-dealkylation sites (N-methyl/N-ethyl adjacent to an activating group) is 1. The second-order valence-electron chi connectivity index (χ2n) is 4.86. The molecule has 1 unspecified atom stereocenters. The predicted molar refractivity (Wildman–Crippen MR) is 88.5 cm³/mol. The SMILES string of the molecule is CCN(Cc1ccccc1)C(CN)c1cccc(Br)c1. The van der Waals surface area contributed by atoms with E-state index in [2.05, 4.69) is 76.3 Å². The van der Waals surface area contributed by atoms with Crippen LogP contribution in [0, 0.1) is 0 Å². The molecule has 2 N–H and O–H groups in total. The average molecular weight is 333 g/mol. The van der Waals surface area contributed by atoms with E-state index in [9.17, 15) is 0 Å². The smallest absolute Gasteiger partial charge is 0.0474 e. The van der Waals surface area contributed by atoms with Gasteiger partial charge in [0.15, 0.2) is 0 Å². The molecule has 0 aromatic heterocycles. The molecule has 0 saturated carbocycles. The summed E-state index contributed by atoms with van der Waals surface area (Å²) in [5.41, 5.74) is 8.61. The molecule has 1 atom stereocenters. The normalized spacial score (nSPS) is 12.6. The summed E-state index contributed by atoms with van der Waals surface area (Å²) in [4.78, 5) is 2.41. The van der Waals surface area contributed by atoms with Gasteiger partial charge in [0.05, 0.1) is 0 Å². The van der Waals surface area contributed by atoms with Crippen LogP contribution in [0.4, 0.5) is 0 Å². The molecule has 20 heavy (non-hydrogen) atoms. The summed E-state index contributed by atoms with van der Waals surface area (Å²) in [5, 5.41) is 0. The first-order chi connectivity index (χ1) is 9.74. The second kappa shape index (κ2) is 7.58. The molecular weight excluding hydrogens is 312 g/mol. The molecular formula is C17H21BrN2. The van der Waals surface area contributed by atoms with E-state index in [0.29, 0.717) is 6.54 Å². The molecule has 0 heterocycles. The maximum absolute atomic E-state index is 6.03. The van der Waals surface area contributed by atoms with Crippen LogP contribution in [0.15, 0.2) is 59.1 Å². The van der Waals surface area contributed by atoms with Gasteiger partial charge in [0.25, 0.3) is 0 Å². The number of rotatable bonds is 6. The average Bonchev–Trinajstić information content (AvgIpc) is 2.48. The van der Waals surface area contributed by atoms with Crippen LogP contribution >= 0.6 is 15.9 Å². The van der Waals surface area contributed by atoms with Crippen molar-refractivity contribution in [3.05, 3.63) is 70.2 Å². The molecule has 0 aliphatic carbocycles. The van der Waals surface area contributed by atoms with E-state index in [1.807, 2.05) is 6.07 Å². The number of halogens is 1. The lowest BCUT2D eigenvalue weighted by atomic mass is 10.0. The summed E-state index contributed by atoms with van der Waals surface area (Å²) in [5.74, 6) is 0. The fourth-order valence-corrected chi connectivity index (χ4v) is 2.89. The van der Waals surface area contributed by atoms with Crippen LogP contribution in [0.5, 0.6) is 0 Å². The summed E-state index contributed by atoms with van der Waals surface area (Å²) in [7, 11) is 0. The highest BCUT2D eigenvalue weighted by Crippen LogP contribution is 2.24. The second-order valence-corrected chi connectivity index (χ2v) is 5.77. The van der Waals surface area contributed by atoms with E-state index in [1.54, 1.807) is 0 Å². The highest BCUT2D eigenvalue weighted by Gasteiger charge is 2.18. The molecule has 2 aromatic carbocycles. The molecule has 0 radical (unpaired) electrons. The monoisotopic (exact) mass is 332 g/mol. The Labute approximate surface area is 129 Å². The standard InChI is InChI=1S/C17H21BrN2/c1-2-20(13-14-7-4-3-5-8-14)17(12-19)15-9-6-10-16(18)11-15/h3-11,17H,2,12-13,19H2,1H3. The van der Waals surface area contributed by atoms with Crippen LogP contribution in [-0.4, -0.2) is 18.0 Å². The maximum Gasteiger partial charge on any atom is 0.0474 e. The molecule has 0 bridgehead atoms. The van der Waals surface area contributed by atoms with Crippen LogP contribution in [0.1, 0.15) is 24.1 Å². The molecule has 0 fully saturated rings. The van der Waals surface area contributed by atoms with Gasteiger partial charge >= 0.3 is 0 Å². The Morgan fingerprint density at radius 3 is 2.45 bits per heavy atom. The van der Waals surface area contributed by atoms with Crippen molar-refractivity contribution in [3.8, 4) is 0 Å². The number of hydrogen-bond acceptors (Lipinski definition) is 2. The Balaban J connectivity index is 2.19. The van der Waals surface area contributed by atoms with Gasteiger partial charge in [0, 0.05) is 23.6 Å². The topological polar surface area (TPSA) is 29.3 Å². The largest absolute Gasteiger partial charge is 0.329 e. The third kappa shape index (κ3) is 3.92. The molecule has 2 aromatic rings. The Morgan fingerprint density at radius 1 is 1.10 bits per heavy atom. The van der Waals surface area contributed by atoms with Crippen molar-refractivity contribution in [2.75, 3.05) is 13.1 Å². The molecule has 0 spiro atoms. The summed E-state index contributed by atoms with van der Waals surface area (Å²) in [6, 6.07) is 19.2. The highest BCUT2D eigenvalue weighted by molar-refractivity contribution is 9.10. The first-order valence-electron chi connectivity index (χ1n) is 6.98. The number of nitrogens with two attached hydrogens (primary N) is 1. The van der Waals surface area contributed by atoms with Crippen molar-refractivity contribution in [2.24, 2.45) is 5.73 Å². The van der Waals surface area contributed by atoms with Gasteiger partial charge in [-0.3, -0.25) is 4.90 Å². The quantitative estimate of drug-likeness (QED) is 0.867. The first kappa shape index (κ1) is 15.2. The number of nitrogens with zero attached hydrogens (tertiary/aromatic N) is 1. The van der Waals surface area contributed by atoms with Gasteiger partial charge in [0.1, 0.15) is 0 Å². The van der Waals surface area contributed by atoms with Crippen molar-refractivity contribution in [3.63, 3.8) is 0 Å². The zero-order chi connectivity index (χ0) is 14.4. The molecule has 0 amide bonds. The molecule has 0 aliphatic rings. The number of hydrogen-bond donors (Lipinski definition) is 1. The van der Waals surface area contributed by atoms with Gasteiger partial charge in [0.2, 0.25) is 0 Å². The van der Waals surface area contributed by atoms with Crippen molar-refractivity contribution in [1.82, 2.24) is 4.90 Å². The van der Waals surface area contributed by atoms with Gasteiger partial charge in [-0.15, -0.1) is 0 Å². The van der Waals surface area contributed by atoms with Gasteiger partial charge < -0.3 is 5.73 Å². The molecule has 2 rings (SSSR count). The Kier molecular flexibility index (Phi) is 5.77. The lowest BCUT2D eigenvalue weighted by Crippen LogP contribution is -2.33. The Hall–Kier alpha value is -1.16. The van der Waals surface area contributed by atoms with E-state index in [0.717, 1.165) is 17.6 Å². The number of benzene rings is 2. The molecule has 106 valence electrons. The summed E-state index contributed by atoms with van der Waals surface area (Å²) in [6.45, 7) is 4.70. The van der Waals surface area contributed by atoms with Crippen molar-refractivity contribution >= 4 is 15.9 Å². The zero-order valence-corrected chi connectivity index (χ0v) is 13.4. The summed E-state index contributed by atoms with van der Waals surface area (Å²) < 4.78 is 1.10. The van der Waals surface area contributed by atoms with Crippen LogP contribution in [0.2, 0.25) is 0 Å². The predicted octanol–water partition coefficient (Wildman–Crippen LogP) is 3.97. The van der Waals surface area contributed by atoms with E-state index >= 15 is 0 Å². The Bertz CT molecular complexity index is 528. The van der Waals surface area contributed by atoms with E-state index < -0.39 is 0 Å². The first-order valence-corrected chi connectivity index (χ1v) is 7.77. The van der Waals surface area contributed by atoms with Gasteiger partial charge in [-0.05, 0) is 29.8 Å². The summed E-state index contributed by atoms with van der Waals surface area (Å²) >= 11 is 3.54. The minimum Gasteiger partial charge on any atom is -0.329 e. The minimum absolute atomic E-state index is 0.248. The third-order valence-electron chi connectivity index (χ3n) is 3.53. The molecule has 2 nitrogen and oxygen atoms in total. The van der Waals surface area contributed by atoms with Gasteiger partial charge in [-0.25, -0.2) is 0 Å². The maximum atomic E-state index is 6.03. The van der Waals surface area contributed by atoms with Crippen LogP contribution in [-0.2, 0) is 6.54 Å². The van der Waals surface area contributed by atoms with Crippen molar-refractivity contribution in [2.45, 2.75) is 19.5 Å². The van der Waals surface area contributed by atoms with Gasteiger partial charge in [-0.2, -0.15) is 0 Å². The van der Waals surface area contributed by atoms with Crippen LogP contribution < -0.4 is 5.73 Å². The van der Waals surface area contributed by atoms with E-state index in [-0.39, 0.29) is 6.04 Å². The molecule has 0 aliphatic heterocycles. The summed E-state index contributed by atoms with van der Waals surface area (Å²) in [6.07, 6.45) is 0. The highest BCUT2D eigenvalue weighted by atomic mass is 79.9. The Morgan fingerprint density at radius 2 is 1.85 bits per heavy atom. The lowest BCUT2D eigenvalue weighted by molar-refractivity contribution is 0.203. The van der Waals surface area contributed by atoms with Gasteiger partial charge in [-0.1, -0.05) is 65.3 Å². The third-order valence-corrected chi connectivity index (χ3v) is 4.03. The van der Waals surface area contributed by atoms with E-state index in [4.69, 9.17) is 5.73 Å². The molecule has 3 heteroatoms. The minimum atomic E-state index is 0.248. The fraction of sp³-hybridized carbons (Fsp3) is 0.294.